The van der Waals surface area contributed by atoms with E-state index in [-0.39, 0.29) is 38.1 Å². The Balaban J connectivity index is 1.72. The second-order valence-electron chi connectivity index (χ2n) is 8.42. The van der Waals surface area contributed by atoms with Gasteiger partial charge in [-0.05, 0) is 67.8 Å². The Morgan fingerprint density at radius 2 is 1.80 bits per heavy atom. The second kappa shape index (κ2) is 10.3. The minimum atomic E-state index is -4.84. The van der Waals surface area contributed by atoms with Gasteiger partial charge in [0.05, 0.1) is 17.0 Å². The molecule has 1 heterocycles. The highest BCUT2D eigenvalue weighted by Crippen LogP contribution is 2.41. The third kappa shape index (κ3) is 6.74. The van der Waals surface area contributed by atoms with Crippen molar-refractivity contribution in [2.75, 3.05) is 13.1 Å². The Hall–Kier alpha value is -3.08. The number of aliphatic carboxylic acids is 1. The van der Waals surface area contributed by atoms with Crippen molar-refractivity contribution in [1.82, 2.24) is 4.90 Å². The van der Waals surface area contributed by atoms with Crippen LogP contribution in [-0.2, 0) is 28.4 Å². The molecule has 0 saturated carbocycles. The molecule has 1 saturated heterocycles. The van der Waals surface area contributed by atoms with Crippen LogP contribution in [-0.4, -0.2) is 35.0 Å². The minimum absolute atomic E-state index is 0.0201. The van der Waals surface area contributed by atoms with Gasteiger partial charge >= 0.3 is 24.3 Å². The largest absolute Gasteiger partial charge is 0.481 e. The van der Waals surface area contributed by atoms with E-state index in [2.05, 4.69) is 0 Å². The quantitative estimate of drug-likeness (QED) is 0.297. The Labute approximate surface area is 197 Å². The van der Waals surface area contributed by atoms with Crippen LogP contribution in [0.2, 0.25) is 0 Å². The van der Waals surface area contributed by atoms with Gasteiger partial charge in [0.1, 0.15) is 5.75 Å². The normalized spacial score (nSPS) is 17.9. The minimum Gasteiger partial charge on any atom is -0.481 e. The molecule has 1 N–H and O–H groups in total. The van der Waals surface area contributed by atoms with Gasteiger partial charge in [0.2, 0.25) is 0 Å². The molecule has 5 nitrogen and oxygen atoms in total. The summed E-state index contributed by atoms with van der Waals surface area (Å²) >= 11 is 0. The molecule has 0 radical (unpaired) electrons. The second-order valence-corrected chi connectivity index (χ2v) is 8.42. The molecule has 2 unspecified atom stereocenters. The number of alkyl halides is 6. The number of hydrogen-bond acceptors (Lipinski definition) is 4. The van der Waals surface area contributed by atoms with Crippen LogP contribution >= 0.6 is 0 Å². The Kier molecular flexibility index (Phi) is 7.78. The maximum Gasteiger partial charge on any atom is 0.416 e. The fourth-order valence-corrected chi connectivity index (χ4v) is 4.09. The molecule has 2 atom stereocenters. The molecule has 35 heavy (non-hydrogen) atoms. The zero-order valence-electron chi connectivity index (χ0n) is 18.6. The van der Waals surface area contributed by atoms with E-state index in [1.165, 1.54) is 24.0 Å². The molecule has 2 aromatic carbocycles. The molecule has 0 bridgehead atoms. The van der Waals surface area contributed by atoms with Gasteiger partial charge in [-0.15, -0.1) is 0 Å². The molecule has 0 aliphatic carbocycles. The molecule has 1 aliphatic heterocycles. The molecule has 2 aromatic rings. The lowest BCUT2D eigenvalue weighted by atomic mass is 9.97. The molecule has 1 aliphatic rings. The van der Waals surface area contributed by atoms with Crippen LogP contribution in [0.15, 0.2) is 42.5 Å². The summed E-state index contributed by atoms with van der Waals surface area (Å²) in [6, 6.07) is 6.70. The summed E-state index contributed by atoms with van der Waals surface area (Å²) < 4.78 is 85.3. The molecule has 11 heteroatoms. The van der Waals surface area contributed by atoms with Crippen molar-refractivity contribution < 1.29 is 45.8 Å². The Morgan fingerprint density at radius 3 is 2.43 bits per heavy atom. The first-order chi connectivity index (χ1) is 16.3. The molecular formula is C24H23F6NO4. The topological polar surface area (TPSA) is 66.8 Å². The number of carboxylic acid groups (broad SMARTS) is 1. The number of likely N-dealkylation sites (tertiary alicyclic amines) is 1. The number of ether oxygens (including phenoxy) is 1. The lowest BCUT2D eigenvalue weighted by molar-refractivity contribution is -0.142. The maximum atomic E-state index is 13.5. The van der Waals surface area contributed by atoms with E-state index in [9.17, 15) is 35.9 Å². The van der Waals surface area contributed by atoms with E-state index in [1.54, 1.807) is 12.1 Å². The number of carbonyl (C=O) groups excluding carboxylic acids is 1. The standard InChI is InChI=1S/C24H23F6NO4/c1-14(19-12-17(23(25,26)27)6-7-20(19)24(28,29)30)31-10-9-16(13-31)22(34)35-18-4-2-3-15(11-18)5-8-21(32)33/h2-4,6-7,11-12,14,16H,5,8-10,13H2,1H3,(H,32,33). The summed E-state index contributed by atoms with van der Waals surface area (Å²) in [5, 5.41) is 8.79. The number of hydrogen-bond donors (Lipinski definition) is 1. The number of carbonyl (C=O) groups is 2. The third-order valence-electron chi connectivity index (χ3n) is 5.98. The number of esters is 1. The predicted molar refractivity (Wildman–Crippen MR) is 113 cm³/mol. The van der Waals surface area contributed by atoms with Gasteiger partial charge in [-0.3, -0.25) is 14.5 Å². The lowest BCUT2D eigenvalue weighted by Gasteiger charge is -2.28. The summed E-state index contributed by atoms with van der Waals surface area (Å²) in [4.78, 5) is 24.9. The van der Waals surface area contributed by atoms with E-state index in [0.717, 1.165) is 0 Å². The highest BCUT2D eigenvalue weighted by Gasteiger charge is 2.40. The van der Waals surface area contributed by atoms with Crippen molar-refractivity contribution >= 4 is 11.9 Å². The number of nitrogens with zero attached hydrogens (tertiary/aromatic N) is 1. The summed E-state index contributed by atoms with van der Waals surface area (Å²) in [6.07, 6.45) is -9.22. The summed E-state index contributed by atoms with van der Waals surface area (Å²) in [5.41, 5.74) is -2.18. The van der Waals surface area contributed by atoms with Crippen LogP contribution in [0.5, 0.6) is 5.75 Å². The first kappa shape index (κ1) is 26.5. The van der Waals surface area contributed by atoms with Crippen LogP contribution in [0.25, 0.3) is 0 Å². The summed E-state index contributed by atoms with van der Waals surface area (Å²) in [6.45, 7) is 1.60. The molecule has 190 valence electrons. The molecule has 0 amide bonds. The van der Waals surface area contributed by atoms with Crippen molar-refractivity contribution in [1.29, 1.82) is 0 Å². The smallest absolute Gasteiger partial charge is 0.416 e. The third-order valence-corrected chi connectivity index (χ3v) is 5.98. The van der Waals surface area contributed by atoms with Crippen LogP contribution in [0.1, 0.15) is 48.1 Å². The number of halogens is 6. The Morgan fingerprint density at radius 1 is 1.09 bits per heavy atom. The highest BCUT2D eigenvalue weighted by atomic mass is 19.4. The average molecular weight is 503 g/mol. The number of benzene rings is 2. The maximum absolute atomic E-state index is 13.5. The van der Waals surface area contributed by atoms with Crippen LogP contribution in [0.3, 0.4) is 0 Å². The van der Waals surface area contributed by atoms with Gasteiger partial charge in [0.15, 0.2) is 0 Å². The van der Waals surface area contributed by atoms with Gasteiger partial charge in [-0.1, -0.05) is 12.1 Å². The molecule has 1 fully saturated rings. The zero-order valence-corrected chi connectivity index (χ0v) is 18.6. The van der Waals surface area contributed by atoms with E-state index >= 15 is 0 Å². The first-order valence-electron chi connectivity index (χ1n) is 10.8. The van der Waals surface area contributed by atoms with E-state index in [0.29, 0.717) is 23.8 Å². The van der Waals surface area contributed by atoms with E-state index < -0.39 is 52.9 Å². The van der Waals surface area contributed by atoms with Gasteiger partial charge in [0, 0.05) is 19.0 Å². The Bertz CT molecular complexity index is 1080. The van der Waals surface area contributed by atoms with Crippen LogP contribution < -0.4 is 4.74 Å². The summed E-state index contributed by atoms with van der Waals surface area (Å²) in [7, 11) is 0. The van der Waals surface area contributed by atoms with Crippen molar-refractivity contribution in [3.63, 3.8) is 0 Å². The predicted octanol–water partition coefficient (Wildman–Crippen LogP) is 5.73. The monoisotopic (exact) mass is 503 g/mol. The average Bonchev–Trinajstić information content (AvgIpc) is 3.26. The number of rotatable bonds is 7. The zero-order chi connectivity index (χ0) is 26.0. The highest BCUT2D eigenvalue weighted by molar-refractivity contribution is 5.75. The number of carboxylic acids is 1. The molecule has 3 rings (SSSR count). The lowest BCUT2D eigenvalue weighted by Crippen LogP contribution is -2.29. The van der Waals surface area contributed by atoms with Crippen LogP contribution in [0.4, 0.5) is 26.3 Å². The first-order valence-corrected chi connectivity index (χ1v) is 10.8. The molecule has 0 aromatic heterocycles. The van der Waals surface area contributed by atoms with Crippen molar-refractivity contribution in [3.05, 3.63) is 64.7 Å². The number of aryl methyl sites for hydroxylation is 1. The van der Waals surface area contributed by atoms with Gasteiger partial charge in [-0.25, -0.2) is 0 Å². The fourth-order valence-electron chi connectivity index (χ4n) is 4.09. The van der Waals surface area contributed by atoms with Crippen molar-refractivity contribution in [3.8, 4) is 5.75 Å². The van der Waals surface area contributed by atoms with Crippen molar-refractivity contribution in [2.45, 2.75) is 44.6 Å². The van der Waals surface area contributed by atoms with E-state index in [1.807, 2.05) is 0 Å². The van der Waals surface area contributed by atoms with Crippen LogP contribution in [0, 0.1) is 5.92 Å². The van der Waals surface area contributed by atoms with Gasteiger partial charge < -0.3 is 9.84 Å². The SMILES string of the molecule is CC(c1cc(C(F)(F)F)ccc1C(F)(F)F)N1CCC(C(=O)Oc2cccc(CCC(=O)O)c2)C1. The molecular weight excluding hydrogens is 480 g/mol. The van der Waals surface area contributed by atoms with Gasteiger partial charge in [0.25, 0.3) is 0 Å². The fraction of sp³-hybridized carbons (Fsp3) is 0.417. The van der Waals surface area contributed by atoms with Gasteiger partial charge in [-0.2, -0.15) is 26.3 Å². The van der Waals surface area contributed by atoms with E-state index in [4.69, 9.17) is 9.84 Å². The molecule has 0 spiro atoms. The summed E-state index contributed by atoms with van der Waals surface area (Å²) in [5.74, 6) is -2.06. The van der Waals surface area contributed by atoms with Crippen molar-refractivity contribution in [2.24, 2.45) is 5.92 Å².